The molecule has 1 aliphatic heterocycles. The molecular formula is C20H22FNO. The molecule has 0 unspecified atom stereocenters. The minimum atomic E-state index is -0.0844. The Kier molecular flexibility index (Phi) is 4.65. The van der Waals surface area contributed by atoms with E-state index in [1.807, 2.05) is 30.5 Å². The summed E-state index contributed by atoms with van der Waals surface area (Å²) in [5, 5.41) is 0. The molecule has 3 heteroatoms. The summed E-state index contributed by atoms with van der Waals surface area (Å²) in [5.74, 6) is 0.784. The van der Waals surface area contributed by atoms with Gasteiger partial charge in [-0.3, -0.25) is 0 Å². The number of halogens is 1. The lowest BCUT2D eigenvalue weighted by atomic mass is 9.98. The highest BCUT2D eigenvalue weighted by molar-refractivity contribution is 5.57. The molecule has 2 aromatic carbocycles. The van der Waals surface area contributed by atoms with Gasteiger partial charge < -0.3 is 9.64 Å². The fraction of sp³-hybridized carbons (Fsp3) is 0.300. The van der Waals surface area contributed by atoms with Crippen molar-refractivity contribution in [2.75, 3.05) is 7.11 Å². The standard InChI is InChI=1S/C20H22FNO/c1-3-4-17-11-18-14-22(10-9-16(18)12-20(17)21)13-15-5-7-19(23-2)8-6-15/h5-12H,3-4,13-14H2,1-2H3. The molecule has 0 amide bonds. The fourth-order valence-electron chi connectivity index (χ4n) is 2.97. The average molecular weight is 311 g/mol. The summed E-state index contributed by atoms with van der Waals surface area (Å²) < 4.78 is 19.2. The minimum Gasteiger partial charge on any atom is -0.497 e. The van der Waals surface area contributed by atoms with Crippen LogP contribution in [0, 0.1) is 5.82 Å². The molecule has 23 heavy (non-hydrogen) atoms. The maximum Gasteiger partial charge on any atom is 0.127 e. The Morgan fingerprint density at radius 3 is 2.65 bits per heavy atom. The van der Waals surface area contributed by atoms with E-state index in [1.165, 1.54) is 11.1 Å². The van der Waals surface area contributed by atoms with Crippen LogP contribution in [-0.4, -0.2) is 12.0 Å². The number of fused-ring (bicyclic) bond motifs is 1. The van der Waals surface area contributed by atoms with Gasteiger partial charge >= 0.3 is 0 Å². The first-order valence-electron chi connectivity index (χ1n) is 8.06. The van der Waals surface area contributed by atoms with Gasteiger partial charge in [0.25, 0.3) is 0 Å². The Morgan fingerprint density at radius 2 is 1.96 bits per heavy atom. The summed E-state index contributed by atoms with van der Waals surface area (Å²) in [6.07, 6.45) is 5.80. The molecule has 120 valence electrons. The van der Waals surface area contributed by atoms with Gasteiger partial charge in [0.05, 0.1) is 7.11 Å². The second-order valence-electron chi connectivity index (χ2n) is 5.96. The van der Waals surface area contributed by atoms with Crippen LogP contribution in [0.3, 0.4) is 0 Å². The summed E-state index contributed by atoms with van der Waals surface area (Å²) in [4.78, 5) is 2.25. The molecule has 3 rings (SSSR count). The van der Waals surface area contributed by atoms with Crippen LogP contribution in [0.5, 0.6) is 5.75 Å². The topological polar surface area (TPSA) is 12.5 Å². The first kappa shape index (κ1) is 15.6. The van der Waals surface area contributed by atoms with Gasteiger partial charge in [0.2, 0.25) is 0 Å². The number of benzene rings is 2. The summed E-state index contributed by atoms with van der Waals surface area (Å²) in [5.41, 5.74) is 4.25. The minimum absolute atomic E-state index is 0.0844. The molecule has 2 aromatic rings. The lowest BCUT2D eigenvalue weighted by Crippen LogP contribution is -2.20. The van der Waals surface area contributed by atoms with Gasteiger partial charge in [-0.1, -0.05) is 31.5 Å². The van der Waals surface area contributed by atoms with E-state index in [9.17, 15) is 4.39 Å². The van der Waals surface area contributed by atoms with E-state index in [2.05, 4.69) is 24.0 Å². The van der Waals surface area contributed by atoms with Gasteiger partial charge in [0.1, 0.15) is 11.6 Å². The highest BCUT2D eigenvalue weighted by Crippen LogP contribution is 2.25. The van der Waals surface area contributed by atoms with Crippen molar-refractivity contribution in [3.05, 3.63) is 70.7 Å². The van der Waals surface area contributed by atoms with Crippen LogP contribution in [0.1, 0.15) is 35.6 Å². The molecule has 0 spiro atoms. The SMILES string of the molecule is CCCc1cc2c(cc1F)C=CN(Cc1ccc(OC)cc1)C2. The van der Waals surface area contributed by atoms with Crippen molar-refractivity contribution in [2.24, 2.45) is 0 Å². The smallest absolute Gasteiger partial charge is 0.127 e. The number of ether oxygens (including phenoxy) is 1. The van der Waals surface area contributed by atoms with Crippen molar-refractivity contribution in [2.45, 2.75) is 32.9 Å². The molecule has 0 N–H and O–H groups in total. The summed E-state index contributed by atoms with van der Waals surface area (Å²) in [6, 6.07) is 11.8. The number of rotatable bonds is 5. The van der Waals surface area contributed by atoms with Crippen LogP contribution in [0.4, 0.5) is 4.39 Å². The molecule has 0 aliphatic carbocycles. The van der Waals surface area contributed by atoms with Gasteiger partial charge in [-0.2, -0.15) is 0 Å². The summed E-state index contributed by atoms with van der Waals surface area (Å²) in [7, 11) is 1.67. The Labute approximate surface area is 137 Å². The molecule has 0 fully saturated rings. The van der Waals surface area contributed by atoms with Crippen LogP contribution in [0.25, 0.3) is 6.08 Å². The number of nitrogens with zero attached hydrogens (tertiary/aromatic N) is 1. The summed E-state index contributed by atoms with van der Waals surface area (Å²) >= 11 is 0. The fourth-order valence-corrected chi connectivity index (χ4v) is 2.97. The predicted molar refractivity (Wildman–Crippen MR) is 91.7 cm³/mol. The van der Waals surface area contributed by atoms with Gasteiger partial charge in [0.15, 0.2) is 0 Å². The van der Waals surface area contributed by atoms with E-state index in [1.54, 1.807) is 13.2 Å². The van der Waals surface area contributed by atoms with E-state index >= 15 is 0 Å². The third-order valence-electron chi connectivity index (χ3n) is 4.21. The van der Waals surface area contributed by atoms with Crippen molar-refractivity contribution in [3.63, 3.8) is 0 Å². The molecule has 0 saturated carbocycles. The second-order valence-corrected chi connectivity index (χ2v) is 5.96. The lowest BCUT2D eigenvalue weighted by molar-refractivity contribution is 0.358. The Bertz CT molecular complexity index is 706. The first-order chi connectivity index (χ1) is 11.2. The third kappa shape index (κ3) is 3.55. The zero-order valence-electron chi connectivity index (χ0n) is 13.7. The highest BCUT2D eigenvalue weighted by atomic mass is 19.1. The van der Waals surface area contributed by atoms with Crippen LogP contribution < -0.4 is 4.74 Å². The first-order valence-corrected chi connectivity index (χ1v) is 8.06. The van der Waals surface area contributed by atoms with Crippen molar-refractivity contribution in [1.82, 2.24) is 4.90 Å². The van der Waals surface area contributed by atoms with E-state index in [-0.39, 0.29) is 5.82 Å². The number of methoxy groups -OCH3 is 1. The quantitative estimate of drug-likeness (QED) is 0.788. The Hall–Kier alpha value is -2.29. The second kappa shape index (κ2) is 6.86. The van der Waals surface area contributed by atoms with Gasteiger partial charge in [-0.25, -0.2) is 4.39 Å². The van der Waals surface area contributed by atoms with Crippen molar-refractivity contribution in [3.8, 4) is 5.75 Å². The monoisotopic (exact) mass is 311 g/mol. The van der Waals surface area contributed by atoms with E-state index in [0.29, 0.717) is 0 Å². The van der Waals surface area contributed by atoms with Gasteiger partial charge in [0, 0.05) is 19.3 Å². The van der Waals surface area contributed by atoms with Gasteiger partial charge in [-0.05, 0) is 52.9 Å². The normalized spacial score (nSPS) is 13.1. The maximum absolute atomic E-state index is 14.0. The number of hydrogen-bond acceptors (Lipinski definition) is 2. The average Bonchev–Trinajstić information content (AvgIpc) is 2.57. The zero-order chi connectivity index (χ0) is 16.2. The predicted octanol–water partition coefficient (Wildman–Crippen LogP) is 4.77. The van der Waals surface area contributed by atoms with Gasteiger partial charge in [-0.15, -0.1) is 0 Å². The molecular weight excluding hydrogens is 289 g/mol. The largest absolute Gasteiger partial charge is 0.497 e. The Morgan fingerprint density at radius 1 is 1.17 bits per heavy atom. The molecule has 1 aliphatic rings. The number of hydrogen-bond donors (Lipinski definition) is 0. The maximum atomic E-state index is 14.0. The Balaban J connectivity index is 1.75. The lowest BCUT2D eigenvalue weighted by Gasteiger charge is -2.26. The molecule has 2 nitrogen and oxygen atoms in total. The highest BCUT2D eigenvalue weighted by Gasteiger charge is 2.14. The molecule has 0 saturated heterocycles. The molecule has 1 heterocycles. The number of aryl methyl sites for hydroxylation is 1. The molecule has 0 aromatic heterocycles. The van der Waals surface area contributed by atoms with Crippen molar-refractivity contribution < 1.29 is 9.13 Å². The van der Waals surface area contributed by atoms with E-state index in [0.717, 1.165) is 42.8 Å². The summed E-state index contributed by atoms with van der Waals surface area (Å²) in [6.45, 7) is 3.73. The zero-order valence-corrected chi connectivity index (χ0v) is 13.7. The van der Waals surface area contributed by atoms with E-state index < -0.39 is 0 Å². The molecule has 0 radical (unpaired) electrons. The molecule has 0 atom stereocenters. The van der Waals surface area contributed by atoms with Crippen molar-refractivity contribution in [1.29, 1.82) is 0 Å². The van der Waals surface area contributed by atoms with Crippen LogP contribution >= 0.6 is 0 Å². The van der Waals surface area contributed by atoms with Crippen LogP contribution in [-0.2, 0) is 19.5 Å². The van der Waals surface area contributed by atoms with Crippen LogP contribution in [0.2, 0.25) is 0 Å². The molecule has 0 bridgehead atoms. The third-order valence-corrected chi connectivity index (χ3v) is 4.21. The van der Waals surface area contributed by atoms with Crippen molar-refractivity contribution >= 4 is 6.08 Å². The van der Waals surface area contributed by atoms with E-state index in [4.69, 9.17) is 4.74 Å². The van der Waals surface area contributed by atoms with Crippen LogP contribution in [0.15, 0.2) is 42.6 Å².